The number of nitrogens with zero attached hydrogens (tertiary/aromatic N) is 2. The molecule has 0 atom stereocenters. The van der Waals surface area contributed by atoms with Crippen molar-refractivity contribution in [3.8, 4) is 5.75 Å². The Kier molecular flexibility index (Phi) is 4.78. The van der Waals surface area contributed by atoms with Crippen LogP contribution in [0.2, 0.25) is 0 Å². The number of carbonyl (C=O) groups excluding carboxylic acids is 1. The lowest BCUT2D eigenvalue weighted by Gasteiger charge is -2.55. The standard InChI is InChI=1S/C27H29N3O3/c1-17-6-7-24-28-21(11-25(31)30(24)15-17)16-33-23-5-3-2-4-22(23)29-26(32)27-12-18-8-19(13-27)10-20(9-18)14-27/h2-7,11,15,18-20H,8-10,12-14,16H2,1H3,(H,29,32). The second-order valence-electron chi connectivity index (χ2n) is 10.5. The number of nitrogens with one attached hydrogen (secondary N) is 1. The lowest BCUT2D eigenvalue weighted by molar-refractivity contribution is -0.140. The monoisotopic (exact) mass is 443 g/mol. The minimum atomic E-state index is -0.214. The zero-order valence-corrected chi connectivity index (χ0v) is 18.9. The molecule has 6 nitrogen and oxygen atoms in total. The number of amides is 1. The van der Waals surface area contributed by atoms with Gasteiger partial charge in [-0.2, -0.15) is 0 Å². The quantitative estimate of drug-likeness (QED) is 0.618. The van der Waals surface area contributed by atoms with E-state index in [1.807, 2.05) is 43.3 Å². The number of rotatable bonds is 5. The maximum Gasteiger partial charge on any atom is 0.258 e. The Balaban J connectivity index is 1.20. The summed E-state index contributed by atoms with van der Waals surface area (Å²) in [6.45, 7) is 2.10. The van der Waals surface area contributed by atoms with E-state index in [9.17, 15) is 9.59 Å². The largest absolute Gasteiger partial charge is 0.485 e. The highest BCUT2D eigenvalue weighted by atomic mass is 16.5. The zero-order valence-electron chi connectivity index (χ0n) is 18.9. The maximum absolute atomic E-state index is 13.5. The van der Waals surface area contributed by atoms with Gasteiger partial charge in [0.1, 0.15) is 18.0 Å². The summed E-state index contributed by atoms with van der Waals surface area (Å²) >= 11 is 0. The van der Waals surface area contributed by atoms with Crippen molar-refractivity contribution in [3.05, 3.63) is 70.3 Å². The van der Waals surface area contributed by atoms with E-state index in [4.69, 9.17) is 4.74 Å². The molecule has 0 unspecified atom stereocenters. The number of ether oxygens (including phenoxy) is 1. The summed E-state index contributed by atoms with van der Waals surface area (Å²) in [5.41, 5.74) is 2.49. The van der Waals surface area contributed by atoms with Crippen molar-refractivity contribution in [2.24, 2.45) is 23.2 Å². The summed E-state index contributed by atoms with van der Waals surface area (Å²) < 4.78 is 7.59. The van der Waals surface area contributed by atoms with E-state index in [0.717, 1.165) is 42.6 Å². The lowest BCUT2D eigenvalue weighted by Crippen LogP contribution is -2.51. The van der Waals surface area contributed by atoms with E-state index in [1.54, 1.807) is 10.6 Å². The van der Waals surface area contributed by atoms with Crippen molar-refractivity contribution >= 4 is 17.2 Å². The van der Waals surface area contributed by atoms with Crippen LogP contribution in [0.15, 0.2) is 53.5 Å². The van der Waals surface area contributed by atoms with E-state index in [0.29, 0.717) is 22.8 Å². The first-order valence-corrected chi connectivity index (χ1v) is 12.0. The van der Waals surface area contributed by atoms with Gasteiger partial charge in [-0.05, 0) is 87.0 Å². The molecule has 1 N–H and O–H groups in total. The summed E-state index contributed by atoms with van der Waals surface area (Å²) in [7, 11) is 0. The minimum absolute atomic E-state index is 0.134. The highest BCUT2D eigenvalue weighted by Crippen LogP contribution is 2.60. The summed E-state index contributed by atoms with van der Waals surface area (Å²) in [5.74, 6) is 2.90. The number of anilines is 1. The molecular weight excluding hydrogens is 414 g/mol. The molecule has 4 bridgehead atoms. The first-order valence-electron chi connectivity index (χ1n) is 12.0. The number of carbonyl (C=O) groups is 1. The van der Waals surface area contributed by atoms with Crippen LogP contribution in [0.1, 0.15) is 49.8 Å². The van der Waals surface area contributed by atoms with Gasteiger partial charge >= 0.3 is 0 Å². The molecule has 0 aliphatic heterocycles. The van der Waals surface area contributed by atoms with E-state index < -0.39 is 0 Å². The van der Waals surface area contributed by atoms with Gasteiger partial charge in [0.15, 0.2) is 0 Å². The molecule has 1 amide bonds. The van der Waals surface area contributed by atoms with E-state index in [2.05, 4.69) is 10.3 Å². The number of benzene rings is 1. The molecule has 4 saturated carbocycles. The van der Waals surface area contributed by atoms with Gasteiger partial charge in [-0.1, -0.05) is 18.2 Å². The van der Waals surface area contributed by atoms with Crippen molar-refractivity contribution < 1.29 is 9.53 Å². The van der Waals surface area contributed by atoms with Crippen LogP contribution in [-0.2, 0) is 11.4 Å². The molecule has 7 rings (SSSR count). The van der Waals surface area contributed by atoms with Gasteiger partial charge in [0, 0.05) is 12.3 Å². The Morgan fingerprint density at radius 2 is 1.79 bits per heavy atom. The van der Waals surface area contributed by atoms with E-state index >= 15 is 0 Å². The predicted octanol–water partition coefficient (Wildman–Crippen LogP) is 4.74. The van der Waals surface area contributed by atoms with Crippen molar-refractivity contribution in [3.63, 3.8) is 0 Å². The molecule has 3 aromatic rings. The highest BCUT2D eigenvalue weighted by Gasteiger charge is 2.54. The van der Waals surface area contributed by atoms with Crippen molar-refractivity contribution in [1.29, 1.82) is 0 Å². The predicted molar refractivity (Wildman–Crippen MR) is 126 cm³/mol. The molecular formula is C27H29N3O3. The van der Waals surface area contributed by atoms with Crippen LogP contribution in [0.3, 0.4) is 0 Å². The van der Waals surface area contributed by atoms with Gasteiger partial charge in [0.05, 0.1) is 16.8 Å². The maximum atomic E-state index is 13.5. The molecule has 4 fully saturated rings. The van der Waals surface area contributed by atoms with E-state index in [-0.39, 0.29) is 23.5 Å². The Morgan fingerprint density at radius 3 is 2.52 bits per heavy atom. The highest BCUT2D eigenvalue weighted by molar-refractivity contribution is 5.96. The van der Waals surface area contributed by atoms with Gasteiger partial charge in [-0.25, -0.2) is 4.98 Å². The van der Waals surface area contributed by atoms with Crippen LogP contribution in [0, 0.1) is 30.1 Å². The van der Waals surface area contributed by atoms with Crippen molar-refractivity contribution in [1.82, 2.24) is 9.38 Å². The third-order valence-corrected chi connectivity index (χ3v) is 7.89. The first kappa shape index (κ1) is 20.5. The fourth-order valence-corrected chi connectivity index (χ4v) is 6.82. The van der Waals surface area contributed by atoms with Crippen LogP contribution in [0.25, 0.3) is 5.65 Å². The van der Waals surface area contributed by atoms with Crippen LogP contribution < -0.4 is 15.6 Å². The number of para-hydroxylation sites is 2. The van der Waals surface area contributed by atoms with Gasteiger partial charge in [0.25, 0.3) is 5.56 Å². The average molecular weight is 444 g/mol. The molecule has 6 heteroatoms. The normalized spacial score (nSPS) is 27.6. The number of pyridine rings is 1. The molecule has 0 spiro atoms. The van der Waals surface area contributed by atoms with Gasteiger partial charge < -0.3 is 10.1 Å². The molecule has 4 aliphatic rings. The van der Waals surface area contributed by atoms with Crippen molar-refractivity contribution in [2.45, 2.75) is 52.1 Å². The molecule has 1 aromatic carbocycles. The summed E-state index contributed by atoms with van der Waals surface area (Å²) in [5, 5.41) is 3.20. The van der Waals surface area contributed by atoms with E-state index in [1.165, 1.54) is 25.3 Å². The average Bonchev–Trinajstić information content (AvgIpc) is 2.78. The first-order chi connectivity index (χ1) is 16.0. The summed E-state index contributed by atoms with van der Waals surface area (Å²) in [6.07, 6.45) is 8.79. The Morgan fingerprint density at radius 1 is 1.09 bits per heavy atom. The van der Waals surface area contributed by atoms with Crippen molar-refractivity contribution in [2.75, 3.05) is 5.32 Å². The molecule has 2 aromatic heterocycles. The molecule has 0 radical (unpaired) electrons. The number of hydrogen-bond acceptors (Lipinski definition) is 4. The second-order valence-corrected chi connectivity index (χ2v) is 10.5. The Labute approximate surface area is 193 Å². The Bertz CT molecular complexity index is 1260. The van der Waals surface area contributed by atoms with Crippen LogP contribution in [0.5, 0.6) is 5.75 Å². The third-order valence-electron chi connectivity index (χ3n) is 7.89. The topological polar surface area (TPSA) is 72.7 Å². The number of aromatic nitrogens is 2. The van der Waals surface area contributed by atoms with Gasteiger partial charge in [-0.15, -0.1) is 0 Å². The molecule has 4 aliphatic carbocycles. The number of fused-ring (bicyclic) bond motifs is 1. The minimum Gasteiger partial charge on any atom is -0.485 e. The molecule has 0 saturated heterocycles. The molecule has 170 valence electrons. The van der Waals surface area contributed by atoms with Gasteiger partial charge in [0.2, 0.25) is 5.91 Å². The molecule has 2 heterocycles. The lowest BCUT2D eigenvalue weighted by atomic mass is 9.49. The second kappa shape index (κ2) is 7.72. The summed E-state index contributed by atoms with van der Waals surface area (Å²) in [4.78, 5) is 30.5. The molecule has 33 heavy (non-hydrogen) atoms. The third kappa shape index (κ3) is 3.71. The Hall–Kier alpha value is -3.15. The number of aryl methyl sites for hydroxylation is 1. The SMILES string of the molecule is Cc1ccc2nc(COc3ccccc3NC(=O)C34CC5CC(CC(C5)C3)C4)cc(=O)n2c1. The fraction of sp³-hybridized carbons (Fsp3) is 0.444. The fourth-order valence-electron chi connectivity index (χ4n) is 6.82. The number of hydrogen-bond donors (Lipinski definition) is 1. The summed E-state index contributed by atoms with van der Waals surface area (Å²) in [6, 6.07) is 12.8. The van der Waals surface area contributed by atoms with Gasteiger partial charge in [-0.3, -0.25) is 14.0 Å². The van der Waals surface area contributed by atoms with Crippen LogP contribution in [-0.4, -0.2) is 15.3 Å². The van der Waals surface area contributed by atoms with Crippen LogP contribution in [0.4, 0.5) is 5.69 Å². The smallest absolute Gasteiger partial charge is 0.258 e. The zero-order chi connectivity index (χ0) is 22.6. The van der Waals surface area contributed by atoms with Crippen LogP contribution >= 0.6 is 0 Å².